The lowest BCUT2D eigenvalue weighted by molar-refractivity contribution is 0.0731. The van der Waals surface area contributed by atoms with Crippen LogP contribution in [0.15, 0.2) is 67.0 Å². The summed E-state index contributed by atoms with van der Waals surface area (Å²) in [5, 5.41) is 5.20. The molecule has 2 N–H and O–H groups in total. The summed E-state index contributed by atoms with van der Waals surface area (Å²) in [4.78, 5) is 32.5. The number of amides is 1. The van der Waals surface area contributed by atoms with Crippen LogP contribution in [-0.2, 0) is 6.42 Å². The molecule has 1 amide bonds. The number of imidazole rings is 1. The molecule has 0 aliphatic carbocycles. The molecule has 3 heterocycles. The number of halogens is 2. The fourth-order valence-electron chi connectivity index (χ4n) is 5.37. The fraction of sp³-hybridized carbons (Fsp3) is 0.267. The molecule has 6 rings (SSSR count). The highest BCUT2D eigenvalue weighted by molar-refractivity contribution is 6.35. The third kappa shape index (κ3) is 5.29. The number of aromatic nitrogens is 4. The Bertz CT molecular complexity index is 1650. The second kappa shape index (κ2) is 10.8. The first-order valence-electron chi connectivity index (χ1n) is 13.2. The van der Waals surface area contributed by atoms with E-state index in [1.807, 2.05) is 36.1 Å². The maximum atomic E-state index is 13.7. The maximum Gasteiger partial charge on any atom is 0.255 e. The summed E-state index contributed by atoms with van der Waals surface area (Å²) in [5.41, 5.74) is 4.13. The van der Waals surface area contributed by atoms with Crippen LogP contribution >= 0.6 is 23.2 Å². The van der Waals surface area contributed by atoms with Crippen molar-refractivity contribution in [1.29, 1.82) is 0 Å². The first-order chi connectivity index (χ1) is 19.0. The minimum atomic E-state index is -0.177. The summed E-state index contributed by atoms with van der Waals surface area (Å²) < 4.78 is 0. The van der Waals surface area contributed by atoms with Crippen molar-refractivity contribution in [2.24, 2.45) is 0 Å². The van der Waals surface area contributed by atoms with Gasteiger partial charge < -0.3 is 15.2 Å². The molecule has 0 radical (unpaired) electrons. The number of aryl methyl sites for hydroxylation is 1. The summed E-state index contributed by atoms with van der Waals surface area (Å²) >= 11 is 12.9. The van der Waals surface area contributed by atoms with Crippen molar-refractivity contribution < 1.29 is 4.79 Å². The minimum absolute atomic E-state index is 0.0418. The lowest BCUT2D eigenvalue weighted by atomic mass is 10.0. The van der Waals surface area contributed by atoms with E-state index in [-0.39, 0.29) is 18.0 Å². The molecule has 9 heteroatoms. The molecule has 3 aromatic carbocycles. The standard InChI is InChI=1S/C30H28Cl2N6O/c1-18(28-36-25-12-10-20(31)14-27(25)37-28)35-29-23-15-24(32)22(16-26(23)33-17-34-29)30(39)38-13-5-8-21(38)11-9-19-6-3-2-4-7-19/h2-4,6-7,10,12,14-18,21H,5,8-9,11,13H2,1H3,(H,36,37)(H,33,34,35)/t18-,21+/m0/s1. The maximum absolute atomic E-state index is 13.7. The van der Waals surface area contributed by atoms with Gasteiger partial charge in [0.2, 0.25) is 0 Å². The molecule has 5 aromatic rings. The summed E-state index contributed by atoms with van der Waals surface area (Å²) in [6.07, 6.45) is 5.38. The molecule has 0 bridgehead atoms. The molecule has 1 aliphatic heterocycles. The van der Waals surface area contributed by atoms with Gasteiger partial charge in [-0.1, -0.05) is 53.5 Å². The van der Waals surface area contributed by atoms with Gasteiger partial charge in [-0.2, -0.15) is 0 Å². The number of nitrogens with zero attached hydrogens (tertiary/aromatic N) is 4. The van der Waals surface area contributed by atoms with Gasteiger partial charge in [0.15, 0.2) is 0 Å². The van der Waals surface area contributed by atoms with Crippen LogP contribution in [-0.4, -0.2) is 43.3 Å². The van der Waals surface area contributed by atoms with E-state index in [1.54, 1.807) is 12.1 Å². The van der Waals surface area contributed by atoms with Crippen LogP contribution in [0.25, 0.3) is 21.9 Å². The summed E-state index contributed by atoms with van der Waals surface area (Å²) in [6.45, 7) is 2.74. The van der Waals surface area contributed by atoms with E-state index in [1.165, 1.54) is 11.9 Å². The third-order valence-corrected chi connectivity index (χ3v) is 7.98. The van der Waals surface area contributed by atoms with Crippen LogP contribution < -0.4 is 5.32 Å². The van der Waals surface area contributed by atoms with Crippen LogP contribution in [0, 0.1) is 0 Å². The molecule has 7 nitrogen and oxygen atoms in total. The highest BCUT2D eigenvalue weighted by atomic mass is 35.5. The van der Waals surface area contributed by atoms with Crippen molar-refractivity contribution in [1.82, 2.24) is 24.8 Å². The van der Waals surface area contributed by atoms with E-state index in [9.17, 15) is 4.79 Å². The van der Waals surface area contributed by atoms with Crippen molar-refractivity contribution in [3.8, 4) is 0 Å². The molecule has 1 saturated heterocycles. The number of carbonyl (C=O) groups excluding carboxylic acids is 1. The number of benzene rings is 3. The molecule has 198 valence electrons. The number of hydrogen-bond donors (Lipinski definition) is 2. The van der Waals surface area contributed by atoms with Gasteiger partial charge in [-0.3, -0.25) is 4.79 Å². The van der Waals surface area contributed by atoms with E-state index in [4.69, 9.17) is 23.2 Å². The molecule has 2 aromatic heterocycles. The zero-order chi connectivity index (χ0) is 26.9. The van der Waals surface area contributed by atoms with Gasteiger partial charge in [-0.25, -0.2) is 15.0 Å². The average molecular weight is 560 g/mol. The smallest absolute Gasteiger partial charge is 0.255 e. The van der Waals surface area contributed by atoms with Gasteiger partial charge in [0.05, 0.1) is 33.2 Å². The van der Waals surface area contributed by atoms with Gasteiger partial charge in [0, 0.05) is 23.0 Å². The Morgan fingerprint density at radius 3 is 2.79 bits per heavy atom. The summed E-state index contributed by atoms with van der Waals surface area (Å²) in [5.74, 6) is 1.33. The number of carbonyl (C=O) groups is 1. The largest absolute Gasteiger partial charge is 0.360 e. The number of anilines is 1. The number of fused-ring (bicyclic) bond motifs is 2. The Kier molecular flexibility index (Phi) is 7.11. The number of rotatable bonds is 7. The zero-order valence-electron chi connectivity index (χ0n) is 21.5. The van der Waals surface area contributed by atoms with Gasteiger partial charge >= 0.3 is 0 Å². The van der Waals surface area contributed by atoms with Gasteiger partial charge in [-0.15, -0.1) is 0 Å². The SMILES string of the molecule is C[C@H](Nc1ncnc2cc(C(=O)N3CCC[C@@H]3CCc3ccccc3)c(Cl)cc12)c1nc2ccc(Cl)cc2[nH]1. The van der Waals surface area contributed by atoms with Crippen molar-refractivity contribution in [2.75, 3.05) is 11.9 Å². The number of hydrogen-bond acceptors (Lipinski definition) is 5. The molecular formula is C30H28Cl2N6O. The molecule has 0 spiro atoms. The topological polar surface area (TPSA) is 86.8 Å². The lowest BCUT2D eigenvalue weighted by Gasteiger charge is -2.25. The van der Waals surface area contributed by atoms with E-state index in [0.29, 0.717) is 26.9 Å². The van der Waals surface area contributed by atoms with Crippen LogP contribution in [0.4, 0.5) is 5.82 Å². The molecule has 1 fully saturated rings. The second-order valence-corrected chi connectivity index (χ2v) is 10.9. The van der Waals surface area contributed by atoms with E-state index < -0.39 is 0 Å². The lowest BCUT2D eigenvalue weighted by Crippen LogP contribution is -2.36. The number of H-pyrrole nitrogens is 1. The number of nitrogens with one attached hydrogen (secondary N) is 2. The average Bonchev–Trinajstić information content (AvgIpc) is 3.59. The van der Waals surface area contributed by atoms with Crippen molar-refractivity contribution in [2.45, 2.75) is 44.7 Å². The molecule has 39 heavy (non-hydrogen) atoms. The number of likely N-dealkylation sites (tertiary alicyclic amines) is 1. The zero-order valence-corrected chi connectivity index (χ0v) is 23.0. The van der Waals surface area contributed by atoms with Crippen molar-refractivity contribution in [3.63, 3.8) is 0 Å². The van der Waals surface area contributed by atoms with Crippen LogP contribution in [0.2, 0.25) is 10.0 Å². The van der Waals surface area contributed by atoms with Crippen LogP contribution in [0.5, 0.6) is 0 Å². The van der Waals surface area contributed by atoms with Crippen LogP contribution in [0.1, 0.15) is 54.0 Å². The first kappa shape index (κ1) is 25.6. The van der Waals surface area contributed by atoms with Gasteiger partial charge in [0.25, 0.3) is 5.91 Å². The molecular weight excluding hydrogens is 531 g/mol. The fourth-order valence-corrected chi connectivity index (χ4v) is 5.79. The Morgan fingerprint density at radius 1 is 1.10 bits per heavy atom. The molecule has 0 saturated carbocycles. The summed E-state index contributed by atoms with van der Waals surface area (Å²) in [7, 11) is 0. The van der Waals surface area contributed by atoms with E-state index in [0.717, 1.165) is 54.5 Å². The Labute approximate surface area is 236 Å². The quantitative estimate of drug-likeness (QED) is 0.220. The van der Waals surface area contributed by atoms with Crippen molar-refractivity contribution >= 4 is 56.9 Å². The van der Waals surface area contributed by atoms with E-state index in [2.05, 4.69) is 49.5 Å². The number of aromatic amines is 1. The minimum Gasteiger partial charge on any atom is -0.360 e. The van der Waals surface area contributed by atoms with Gasteiger partial charge in [0.1, 0.15) is 18.0 Å². The van der Waals surface area contributed by atoms with Crippen LogP contribution in [0.3, 0.4) is 0 Å². The molecule has 0 unspecified atom stereocenters. The first-order valence-corrected chi connectivity index (χ1v) is 13.9. The predicted molar refractivity (Wildman–Crippen MR) is 157 cm³/mol. The highest BCUT2D eigenvalue weighted by Crippen LogP contribution is 2.32. The molecule has 1 aliphatic rings. The normalized spacial score (nSPS) is 16.2. The monoisotopic (exact) mass is 558 g/mol. The van der Waals surface area contributed by atoms with E-state index >= 15 is 0 Å². The Hall–Kier alpha value is -3.68. The Morgan fingerprint density at radius 2 is 1.95 bits per heavy atom. The summed E-state index contributed by atoms with van der Waals surface area (Å²) in [6, 6.07) is 19.6. The highest BCUT2D eigenvalue weighted by Gasteiger charge is 2.30. The second-order valence-electron chi connectivity index (χ2n) is 10.0. The third-order valence-electron chi connectivity index (χ3n) is 7.43. The van der Waals surface area contributed by atoms with Crippen molar-refractivity contribution in [3.05, 3.63) is 94.0 Å². The van der Waals surface area contributed by atoms with Gasteiger partial charge in [-0.05, 0) is 68.5 Å². The Balaban J connectivity index is 1.22. The molecule has 2 atom stereocenters. The predicted octanol–water partition coefficient (Wildman–Crippen LogP) is 7.22.